The minimum atomic E-state index is -4.61. The molecule has 2 aromatic heterocycles. The van der Waals surface area contributed by atoms with Crippen molar-refractivity contribution in [2.24, 2.45) is 5.73 Å². The van der Waals surface area contributed by atoms with Gasteiger partial charge in [0.15, 0.2) is 0 Å². The summed E-state index contributed by atoms with van der Waals surface area (Å²) in [7, 11) is 1.36. The third-order valence-electron chi connectivity index (χ3n) is 7.03. The Kier molecular flexibility index (Phi) is 7.08. The maximum atomic E-state index is 13.6. The number of nitrogens with zero attached hydrogens (tertiary/aromatic N) is 3. The van der Waals surface area contributed by atoms with E-state index in [1.807, 2.05) is 30.3 Å². The van der Waals surface area contributed by atoms with Gasteiger partial charge in [0.1, 0.15) is 26.8 Å². The van der Waals surface area contributed by atoms with Gasteiger partial charge in [-0.2, -0.15) is 13.2 Å². The molecule has 0 radical (unpaired) electrons. The zero-order valence-corrected chi connectivity index (χ0v) is 22.1. The van der Waals surface area contributed by atoms with Crippen LogP contribution in [0.15, 0.2) is 54.6 Å². The van der Waals surface area contributed by atoms with Gasteiger partial charge in [-0.25, -0.2) is 9.97 Å². The molecule has 1 unspecified atom stereocenters. The molecule has 0 aliphatic carbocycles. The molecule has 7 nitrogen and oxygen atoms in total. The fraction of sp³-hybridized carbons (Fsp3) is 0.321. The van der Waals surface area contributed by atoms with Gasteiger partial charge < -0.3 is 20.5 Å². The first-order chi connectivity index (χ1) is 18.5. The highest BCUT2D eigenvalue weighted by molar-refractivity contribution is 7.17. The van der Waals surface area contributed by atoms with E-state index in [-0.39, 0.29) is 17.2 Å². The summed E-state index contributed by atoms with van der Waals surface area (Å²) in [6, 6.07) is 14.3. The number of hydrogen-bond donors (Lipinski definition) is 2. The topological polar surface area (TPSA) is 102 Å². The first kappa shape index (κ1) is 27.0. The third-order valence-corrected chi connectivity index (χ3v) is 8.12. The number of fused-ring (bicyclic) bond motifs is 1. The first-order valence-electron chi connectivity index (χ1n) is 12.4. The number of pyridine rings is 1. The first-order valence-corrected chi connectivity index (χ1v) is 13.2. The molecule has 1 fully saturated rings. The number of thiazole rings is 1. The van der Waals surface area contributed by atoms with Crippen LogP contribution in [0.2, 0.25) is 0 Å². The van der Waals surface area contributed by atoms with Crippen LogP contribution in [0, 0.1) is 0 Å². The van der Waals surface area contributed by atoms with Crippen molar-refractivity contribution in [1.29, 1.82) is 0 Å². The highest BCUT2D eigenvalue weighted by Gasteiger charge is 2.37. The number of alkyl halides is 3. The average molecular weight is 557 g/mol. The number of rotatable bonds is 5. The van der Waals surface area contributed by atoms with E-state index >= 15 is 0 Å². The standard InChI is InChI=1S/C28H27F3N4O3S/c1-16(32)22-24(26(36)35-14-12-27(37,13-15-35)17-6-4-3-5-7-17)39-25(34-22)19-8-10-20(38-2)23-18(19)9-11-21(33-23)28(29,30)31/h3-11,16,37H,12-15,32H2,1-2H3. The van der Waals surface area contributed by atoms with E-state index in [2.05, 4.69) is 9.97 Å². The summed E-state index contributed by atoms with van der Waals surface area (Å²) < 4.78 is 45.3. The number of halogens is 3. The fourth-order valence-corrected chi connectivity index (χ4v) is 6.05. The van der Waals surface area contributed by atoms with Crippen LogP contribution in [0.5, 0.6) is 5.75 Å². The van der Waals surface area contributed by atoms with Crippen LogP contribution in [-0.4, -0.2) is 46.1 Å². The number of carbonyl (C=O) groups is 1. The molecule has 3 heterocycles. The Morgan fingerprint density at radius 2 is 1.79 bits per heavy atom. The lowest BCUT2D eigenvalue weighted by atomic mass is 9.84. The monoisotopic (exact) mass is 556 g/mol. The second-order valence-corrected chi connectivity index (χ2v) is 10.6. The lowest BCUT2D eigenvalue weighted by Crippen LogP contribution is -2.45. The number of aliphatic hydroxyl groups is 1. The fourth-order valence-electron chi connectivity index (χ4n) is 4.87. The summed E-state index contributed by atoms with van der Waals surface area (Å²) in [5.74, 6) is -0.0456. The smallest absolute Gasteiger partial charge is 0.433 e. The van der Waals surface area contributed by atoms with Gasteiger partial charge in [-0.05, 0) is 49.6 Å². The number of methoxy groups -OCH3 is 1. The Morgan fingerprint density at radius 1 is 1.10 bits per heavy atom. The molecule has 2 aromatic carbocycles. The van der Waals surface area contributed by atoms with Gasteiger partial charge in [0.2, 0.25) is 0 Å². The summed E-state index contributed by atoms with van der Waals surface area (Å²) in [4.78, 5) is 24.2. The van der Waals surface area contributed by atoms with Gasteiger partial charge in [-0.3, -0.25) is 4.79 Å². The second-order valence-electron chi connectivity index (χ2n) is 9.62. The number of benzene rings is 2. The van der Waals surface area contributed by atoms with Crippen LogP contribution in [0.25, 0.3) is 21.5 Å². The van der Waals surface area contributed by atoms with Crippen molar-refractivity contribution in [3.05, 3.63) is 76.4 Å². The molecule has 1 aliphatic rings. The minimum absolute atomic E-state index is 0.0477. The van der Waals surface area contributed by atoms with E-state index in [0.29, 0.717) is 52.5 Å². The Bertz CT molecular complexity index is 1510. The van der Waals surface area contributed by atoms with Gasteiger partial charge in [0.25, 0.3) is 5.91 Å². The molecule has 0 spiro atoms. The summed E-state index contributed by atoms with van der Waals surface area (Å²) in [6.07, 6.45) is -3.84. The van der Waals surface area contributed by atoms with Gasteiger partial charge in [-0.15, -0.1) is 11.3 Å². The molecule has 39 heavy (non-hydrogen) atoms. The maximum absolute atomic E-state index is 13.6. The number of ether oxygens (including phenoxy) is 1. The van der Waals surface area contributed by atoms with Crippen LogP contribution in [0.4, 0.5) is 13.2 Å². The van der Waals surface area contributed by atoms with Crippen LogP contribution in [-0.2, 0) is 11.8 Å². The van der Waals surface area contributed by atoms with Crippen molar-refractivity contribution in [3.63, 3.8) is 0 Å². The highest BCUT2D eigenvalue weighted by Crippen LogP contribution is 2.40. The van der Waals surface area contributed by atoms with Crippen molar-refractivity contribution in [3.8, 4) is 16.3 Å². The molecular weight excluding hydrogens is 529 g/mol. The van der Waals surface area contributed by atoms with Crippen molar-refractivity contribution < 1.29 is 27.8 Å². The Labute approximate surface area is 227 Å². The van der Waals surface area contributed by atoms with E-state index in [9.17, 15) is 23.1 Å². The number of piperidine rings is 1. The van der Waals surface area contributed by atoms with E-state index < -0.39 is 23.5 Å². The molecule has 1 amide bonds. The molecule has 5 rings (SSSR count). The molecular formula is C28H27F3N4O3S. The zero-order valence-electron chi connectivity index (χ0n) is 21.3. The number of likely N-dealkylation sites (tertiary alicyclic amines) is 1. The van der Waals surface area contributed by atoms with Crippen LogP contribution in [0.3, 0.4) is 0 Å². The van der Waals surface area contributed by atoms with Gasteiger partial charge in [0, 0.05) is 30.1 Å². The SMILES string of the molecule is COc1ccc(-c2nc(C(C)N)c(C(=O)N3CCC(O)(c4ccccc4)CC3)s2)c2ccc(C(F)(F)F)nc12. The van der Waals surface area contributed by atoms with Crippen LogP contribution >= 0.6 is 11.3 Å². The van der Waals surface area contributed by atoms with E-state index in [1.54, 1.807) is 17.9 Å². The molecule has 11 heteroatoms. The number of carbonyl (C=O) groups excluding carboxylic acids is 1. The molecule has 1 saturated heterocycles. The average Bonchev–Trinajstić information content (AvgIpc) is 3.38. The number of aromatic nitrogens is 2. The molecule has 0 saturated carbocycles. The molecule has 1 aliphatic heterocycles. The highest BCUT2D eigenvalue weighted by atomic mass is 32.1. The Hall–Kier alpha value is -3.54. The Morgan fingerprint density at radius 3 is 2.41 bits per heavy atom. The summed E-state index contributed by atoms with van der Waals surface area (Å²) in [5.41, 5.74) is 5.96. The van der Waals surface area contributed by atoms with Gasteiger partial charge >= 0.3 is 6.18 Å². The predicted octanol–water partition coefficient (Wildman–Crippen LogP) is 5.53. The van der Waals surface area contributed by atoms with E-state index in [0.717, 1.165) is 23.0 Å². The summed E-state index contributed by atoms with van der Waals surface area (Å²) in [5, 5.41) is 12.0. The largest absolute Gasteiger partial charge is 0.494 e. The van der Waals surface area contributed by atoms with Crippen LogP contribution < -0.4 is 10.5 Å². The lowest BCUT2D eigenvalue weighted by Gasteiger charge is -2.38. The molecule has 3 N–H and O–H groups in total. The minimum Gasteiger partial charge on any atom is -0.494 e. The van der Waals surface area contributed by atoms with Crippen molar-refractivity contribution in [1.82, 2.24) is 14.9 Å². The van der Waals surface area contributed by atoms with Crippen molar-refractivity contribution in [2.45, 2.75) is 37.6 Å². The lowest BCUT2D eigenvalue weighted by molar-refractivity contribution is -0.140. The second kappa shape index (κ2) is 10.2. The normalized spacial score (nSPS) is 16.3. The molecule has 4 aromatic rings. The number of amides is 1. The zero-order chi connectivity index (χ0) is 27.9. The van der Waals surface area contributed by atoms with Crippen molar-refractivity contribution in [2.75, 3.05) is 20.2 Å². The van der Waals surface area contributed by atoms with Crippen molar-refractivity contribution >= 4 is 28.1 Å². The predicted molar refractivity (Wildman–Crippen MR) is 142 cm³/mol. The van der Waals surface area contributed by atoms with Gasteiger partial charge in [0.05, 0.1) is 18.4 Å². The molecule has 204 valence electrons. The van der Waals surface area contributed by atoms with Gasteiger partial charge in [-0.1, -0.05) is 30.3 Å². The molecule has 0 bridgehead atoms. The third kappa shape index (κ3) is 5.09. The molecule has 1 atom stereocenters. The number of nitrogens with two attached hydrogens (primary N) is 1. The summed E-state index contributed by atoms with van der Waals surface area (Å²) in [6.45, 7) is 2.43. The Balaban J connectivity index is 1.49. The quantitative estimate of drug-likeness (QED) is 0.335. The van der Waals surface area contributed by atoms with E-state index in [4.69, 9.17) is 10.5 Å². The maximum Gasteiger partial charge on any atom is 0.433 e. The van der Waals surface area contributed by atoms with Crippen LogP contribution in [0.1, 0.15) is 52.4 Å². The number of hydrogen-bond acceptors (Lipinski definition) is 7. The summed E-state index contributed by atoms with van der Waals surface area (Å²) >= 11 is 1.14. The van der Waals surface area contributed by atoms with E-state index in [1.165, 1.54) is 19.2 Å².